The monoisotopic (exact) mass is 315 g/mol. The topological polar surface area (TPSA) is 59.3 Å². The average Bonchev–Trinajstić information content (AvgIpc) is 2.52. The molecule has 1 aromatic heterocycles. The third kappa shape index (κ3) is 2.83. The van der Waals surface area contributed by atoms with E-state index in [0.717, 1.165) is 11.6 Å². The summed E-state index contributed by atoms with van der Waals surface area (Å²) in [4.78, 5) is 23.4. The SMILES string of the molecule is O=C(O)c1cn(Cc2ccc(F)cc2)c2ccc(F)cc2c1=O. The summed E-state index contributed by atoms with van der Waals surface area (Å²) in [5.41, 5.74) is -0.0460. The van der Waals surface area contributed by atoms with E-state index in [-0.39, 0.29) is 17.7 Å². The number of benzene rings is 2. The molecular weight excluding hydrogens is 304 g/mol. The van der Waals surface area contributed by atoms with Gasteiger partial charge in [-0.2, -0.15) is 0 Å². The van der Waals surface area contributed by atoms with Crippen molar-refractivity contribution in [2.75, 3.05) is 0 Å². The Morgan fingerprint density at radius 3 is 2.35 bits per heavy atom. The molecule has 23 heavy (non-hydrogen) atoms. The van der Waals surface area contributed by atoms with E-state index >= 15 is 0 Å². The van der Waals surface area contributed by atoms with Gasteiger partial charge >= 0.3 is 5.97 Å². The Kier molecular flexibility index (Phi) is 3.65. The summed E-state index contributed by atoms with van der Waals surface area (Å²) in [7, 11) is 0. The molecule has 4 nitrogen and oxygen atoms in total. The highest BCUT2D eigenvalue weighted by atomic mass is 19.1. The molecule has 0 aliphatic carbocycles. The minimum absolute atomic E-state index is 0.00740. The predicted molar refractivity (Wildman–Crippen MR) is 80.6 cm³/mol. The van der Waals surface area contributed by atoms with Gasteiger partial charge in [0.25, 0.3) is 0 Å². The van der Waals surface area contributed by atoms with Crippen molar-refractivity contribution in [1.29, 1.82) is 0 Å². The molecule has 0 radical (unpaired) electrons. The number of pyridine rings is 1. The number of fused-ring (bicyclic) bond motifs is 1. The zero-order chi connectivity index (χ0) is 16.6. The molecule has 0 saturated carbocycles. The number of rotatable bonds is 3. The fourth-order valence-corrected chi connectivity index (χ4v) is 2.44. The average molecular weight is 315 g/mol. The van der Waals surface area contributed by atoms with Crippen molar-refractivity contribution in [3.05, 3.63) is 81.6 Å². The summed E-state index contributed by atoms with van der Waals surface area (Å²) < 4.78 is 27.9. The van der Waals surface area contributed by atoms with Crippen LogP contribution in [0.15, 0.2) is 53.5 Å². The summed E-state index contributed by atoms with van der Waals surface area (Å²) in [6.07, 6.45) is 1.22. The molecule has 1 heterocycles. The summed E-state index contributed by atoms with van der Waals surface area (Å²) in [6.45, 7) is 0.225. The van der Waals surface area contributed by atoms with Crippen LogP contribution in [0.4, 0.5) is 8.78 Å². The van der Waals surface area contributed by atoms with Crippen LogP contribution in [0.25, 0.3) is 10.9 Å². The van der Waals surface area contributed by atoms with E-state index in [9.17, 15) is 18.4 Å². The number of carboxylic acid groups (broad SMARTS) is 1. The zero-order valence-corrected chi connectivity index (χ0v) is 11.8. The summed E-state index contributed by atoms with van der Waals surface area (Å²) in [5, 5.41) is 9.16. The first-order valence-electron chi connectivity index (χ1n) is 6.76. The van der Waals surface area contributed by atoms with E-state index in [4.69, 9.17) is 5.11 Å². The quantitative estimate of drug-likeness (QED) is 0.808. The zero-order valence-electron chi connectivity index (χ0n) is 11.8. The Balaban J connectivity index is 2.22. The normalized spacial score (nSPS) is 10.9. The molecule has 0 spiro atoms. The number of halogens is 2. The Hall–Kier alpha value is -3.02. The predicted octanol–water partition coefficient (Wildman–Crippen LogP) is 3.03. The molecule has 0 saturated heterocycles. The molecule has 0 aliphatic heterocycles. The van der Waals surface area contributed by atoms with Crippen molar-refractivity contribution in [3.8, 4) is 0 Å². The van der Waals surface area contributed by atoms with Gasteiger partial charge in [0, 0.05) is 18.1 Å². The molecule has 0 bridgehead atoms. The van der Waals surface area contributed by atoms with Crippen LogP contribution in [0.5, 0.6) is 0 Å². The van der Waals surface area contributed by atoms with Gasteiger partial charge in [0.05, 0.1) is 5.52 Å². The van der Waals surface area contributed by atoms with Crippen LogP contribution in [-0.2, 0) is 6.54 Å². The highest BCUT2D eigenvalue weighted by Gasteiger charge is 2.15. The second-order valence-electron chi connectivity index (χ2n) is 5.09. The van der Waals surface area contributed by atoms with Gasteiger partial charge in [-0.3, -0.25) is 4.79 Å². The number of aromatic nitrogens is 1. The number of hydrogen-bond donors (Lipinski definition) is 1. The summed E-state index contributed by atoms with van der Waals surface area (Å²) in [6, 6.07) is 9.33. The minimum Gasteiger partial charge on any atom is -0.477 e. The third-order valence-electron chi connectivity index (χ3n) is 3.54. The smallest absolute Gasteiger partial charge is 0.341 e. The largest absolute Gasteiger partial charge is 0.477 e. The van der Waals surface area contributed by atoms with Crippen LogP contribution in [-0.4, -0.2) is 15.6 Å². The molecule has 0 aliphatic rings. The van der Waals surface area contributed by atoms with Gasteiger partial charge < -0.3 is 9.67 Å². The van der Waals surface area contributed by atoms with E-state index in [1.54, 1.807) is 12.1 Å². The first kappa shape index (κ1) is 14.9. The minimum atomic E-state index is -1.38. The molecule has 0 atom stereocenters. The standard InChI is InChI=1S/C17H11F2NO3/c18-11-3-1-10(2-4-11)8-20-9-14(17(22)23)16(21)13-7-12(19)5-6-15(13)20/h1-7,9H,8H2,(H,22,23). The summed E-state index contributed by atoms with van der Waals surface area (Å²) >= 11 is 0. The number of hydrogen-bond acceptors (Lipinski definition) is 2. The maximum Gasteiger partial charge on any atom is 0.341 e. The fraction of sp³-hybridized carbons (Fsp3) is 0.0588. The second kappa shape index (κ2) is 5.64. The van der Waals surface area contributed by atoms with Crippen molar-refractivity contribution >= 4 is 16.9 Å². The van der Waals surface area contributed by atoms with E-state index in [2.05, 4.69) is 0 Å². The molecule has 0 unspecified atom stereocenters. The van der Waals surface area contributed by atoms with Crippen molar-refractivity contribution < 1.29 is 18.7 Å². The first-order chi connectivity index (χ1) is 11.0. The lowest BCUT2D eigenvalue weighted by Crippen LogP contribution is -2.19. The lowest BCUT2D eigenvalue weighted by molar-refractivity contribution is 0.0695. The van der Waals surface area contributed by atoms with Crippen molar-refractivity contribution in [2.45, 2.75) is 6.54 Å². The molecule has 3 aromatic rings. The lowest BCUT2D eigenvalue weighted by atomic mass is 10.1. The van der Waals surface area contributed by atoms with E-state index in [1.807, 2.05) is 0 Å². The van der Waals surface area contributed by atoms with Crippen LogP contribution in [0.1, 0.15) is 15.9 Å². The van der Waals surface area contributed by atoms with E-state index < -0.39 is 22.8 Å². The van der Waals surface area contributed by atoms with Gasteiger partial charge in [0.15, 0.2) is 0 Å². The van der Waals surface area contributed by atoms with Crippen molar-refractivity contribution in [3.63, 3.8) is 0 Å². The molecule has 116 valence electrons. The third-order valence-corrected chi connectivity index (χ3v) is 3.54. The van der Waals surface area contributed by atoms with Gasteiger partial charge in [-0.1, -0.05) is 12.1 Å². The van der Waals surface area contributed by atoms with E-state index in [1.165, 1.54) is 35.0 Å². The van der Waals surface area contributed by atoms with Crippen LogP contribution in [0, 0.1) is 11.6 Å². The van der Waals surface area contributed by atoms with Gasteiger partial charge in [0.1, 0.15) is 17.2 Å². The van der Waals surface area contributed by atoms with Gasteiger partial charge in [0.2, 0.25) is 5.43 Å². The Morgan fingerprint density at radius 2 is 1.70 bits per heavy atom. The lowest BCUT2D eigenvalue weighted by Gasteiger charge is -2.12. The molecule has 6 heteroatoms. The maximum absolute atomic E-state index is 13.4. The molecule has 0 amide bonds. The fourth-order valence-electron chi connectivity index (χ4n) is 2.44. The van der Waals surface area contributed by atoms with Crippen molar-refractivity contribution in [1.82, 2.24) is 4.57 Å². The van der Waals surface area contributed by atoms with Crippen molar-refractivity contribution in [2.24, 2.45) is 0 Å². The first-order valence-corrected chi connectivity index (χ1v) is 6.76. The molecule has 2 aromatic carbocycles. The number of nitrogens with zero attached hydrogens (tertiary/aromatic N) is 1. The molecule has 3 rings (SSSR count). The Labute approximate surface area is 129 Å². The number of carbonyl (C=O) groups is 1. The maximum atomic E-state index is 13.4. The van der Waals surface area contributed by atoms with Crippen LogP contribution < -0.4 is 5.43 Å². The van der Waals surface area contributed by atoms with Crippen LogP contribution in [0.2, 0.25) is 0 Å². The Morgan fingerprint density at radius 1 is 1.04 bits per heavy atom. The van der Waals surface area contributed by atoms with Gasteiger partial charge in [-0.25, -0.2) is 13.6 Å². The highest BCUT2D eigenvalue weighted by molar-refractivity contribution is 5.92. The highest BCUT2D eigenvalue weighted by Crippen LogP contribution is 2.16. The molecule has 1 N–H and O–H groups in total. The van der Waals surface area contributed by atoms with Crippen LogP contribution >= 0.6 is 0 Å². The number of carboxylic acids is 1. The number of aromatic carboxylic acids is 1. The summed E-state index contributed by atoms with van der Waals surface area (Å²) in [5.74, 6) is -2.38. The molecule has 0 fully saturated rings. The second-order valence-corrected chi connectivity index (χ2v) is 5.09. The molecular formula is C17H11F2NO3. The van der Waals surface area contributed by atoms with Crippen LogP contribution in [0.3, 0.4) is 0 Å². The Bertz CT molecular complexity index is 962. The van der Waals surface area contributed by atoms with E-state index in [0.29, 0.717) is 5.52 Å². The van der Waals surface area contributed by atoms with Gasteiger partial charge in [-0.15, -0.1) is 0 Å². The van der Waals surface area contributed by atoms with Gasteiger partial charge in [-0.05, 0) is 35.9 Å².